The van der Waals surface area contributed by atoms with Crippen LogP contribution in [0, 0.1) is 0 Å². The standard InChI is InChI=1S/C22H21ClN4O3/c1-12(21(29)24-11-15-10-20(28)27(3)22(30)26(15)2)13-4-6-16-17-9-14(23)5-7-18(17)25-19(16)8-13/h4-10,12,25H,11H2,1-3H3,(H,24,29)/t12-/m1/s1. The third-order valence-corrected chi connectivity index (χ3v) is 5.78. The average molecular weight is 425 g/mol. The molecule has 4 rings (SSSR count). The highest BCUT2D eigenvalue weighted by Crippen LogP contribution is 2.30. The molecule has 1 atom stereocenters. The topological polar surface area (TPSA) is 88.9 Å². The van der Waals surface area contributed by atoms with Crippen molar-refractivity contribution in [2.24, 2.45) is 14.1 Å². The Balaban J connectivity index is 1.57. The van der Waals surface area contributed by atoms with Crippen molar-refractivity contribution in [1.29, 1.82) is 0 Å². The lowest BCUT2D eigenvalue weighted by molar-refractivity contribution is -0.122. The first-order chi connectivity index (χ1) is 14.3. The fourth-order valence-corrected chi connectivity index (χ4v) is 3.77. The summed E-state index contributed by atoms with van der Waals surface area (Å²) in [4.78, 5) is 40.0. The number of halogens is 1. The number of aromatic amines is 1. The molecule has 8 heteroatoms. The highest BCUT2D eigenvalue weighted by Gasteiger charge is 2.17. The Morgan fingerprint density at radius 3 is 2.57 bits per heavy atom. The van der Waals surface area contributed by atoms with Crippen LogP contribution in [-0.4, -0.2) is 20.0 Å². The van der Waals surface area contributed by atoms with Gasteiger partial charge in [0.05, 0.1) is 12.5 Å². The Morgan fingerprint density at radius 2 is 1.80 bits per heavy atom. The molecule has 0 aliphatic heterocycles. The van der Waals surface area contributed by atoms with Crippen LogP contribution >= 0.6 is 11.6 Å². The summed E-state index contributed by atoms with van der Waals surface area (Å²) < 4.78 is 2.38. The number of hydrogen-bond donors (Lipinski definition) is 2. The number of carbonyl (C=O) groups is 1. The number of rotatable bonds is 4. The van der Waals surface area contributed by atoms with Crippen LogP contribution in [0.25, 0.3) is 21.8 Å². The third-order valence-electron chi connectivity index (χ3n) is 5.55. The van der Waals surface area contributed by atoms with Gasteiger partial charge in [0.2, 0.25) is 5.91 Å². The smallest absolute Gasteiger partial charge is 0.330 e. The first-order valence-corrected chi connectivity index (χ1v) is 9.88. The van der Waals surface area contributed by atoms with E-state index >= 15 is 0 Å². The molecule has 0 saturated heterocycles. The normalized spacial score (nSPS) is 12.4. The van der Waals surface area contributed by atoms with Gasteiger partial charge < -0.3 is 10.3 Å². The number of nitrogens with one attached hydrogen (secondary N) is 2. The van der Waals surface area contributed by atoms with E-state index in [1.54, 1.807) is 7.05 Å². The fraction of sp³-hybridized carbons (Fsp3) is 0.227. The van der Waals surface area contributed by atoms with E-state index in [0.29, 0.717) is 10.7 Å². The van der Waals surface area contributed by atoms with Crippen LogP contribution in [0.4, 0.5) is 0 Å². The minimum absolute atomic E-state index is 0.0954. The summed E-state index contributed by atoms with van der Waals surface area (Å²) in [6, 6.07) is 12.9. The summed E-state index contributed by atoms with van der Waals surface area (Å²) in [5.41, 5.74) is 2.39. The molecule has 0 aliphatic rings. The van der Waals surface area contributed by atoms with Crippen LogP contribution in [0.15, 0.2) is 52.1 Å². The van der Waals surface area contributed by atoms with Crippen molar-refractivity contribution in [1.82, 2.24) is 19.4 Å². The maximum absolute atomic E-state index is 12.7. The molecule has 4 aromatic rings. The van der Waals surface area contributed by atoms with Gasteiger partial charge in [-0.1, -0.05) is 23.7 Å². The van der Waals surface area contributed by atoms with Gasteiger partial charge in [-0.2, -0.15) is 0 Å². The van der Waals surface area contributed by atoms with Crippen molar-refractivity contribution >= 4 is 39.3 Å². The number of carbonyl (C=O) groups excluding carboxylic acids is 1. The highest BCUT2D eigenvalue weighted by atomic mass is 35.5. The Bertz CT molecular complexity index is 1410. The van der Waals surface area contributed by atoms with Crippen LogP contribution in [0.5, 0.6) is 0 Å². The SMILES string of the molecule is C[C@@H](C(=O)NCc1cc(=O)n(C)c(=O)n1C)c1ccc2c(c1)[nH]c1ccc(Cl)cc12. The highest BCUT2D eigenvalue weighted by molar-refractivity contribution is 6.31. The zero-order chi connectivity index (χ0) is 21.6. The summed E-state index contributed by atoms with van der Waals surface area (Å²) in [6.45, 7) is 1.91. The van der Waals surface area contributed by atoms with Gasteiger partial charge in [0, 0.05) is 52.7 Å². The van der Waals surface area contributed by atoms with Crippen molar-refractivity contribution in [3.8, 4) is 0 Å². The van der Waals surface area contributed by atoms with Crippen LogP contribution in [-0.2, 0) is 25.4 Å². The van der Waals surface area contributed by atoms with Gasteiger partial charge in [-0.3, -0.25) is 18.7 Å². The lowest BCUT2D eigenvalue weighted by atomic mass is 9.98. The quantitative estimate of drug-likeness (QED) is 0.528. The van der Waals surface area contributed by atoms with E-state index in [-0.39, 0.29) is 12.5 Å². The zero-order valence-electron chi connectivity index (χ0n) is 16.8. The second-order valence-electron chi connectivity index (χ2n) is 7.43. The van der Waals surface area contributed by atoms with Crippen LogP contribution in [0.3, 0.4) is 0 Å². The van der Waals surface area contributed by atoms with Gasteiger partial charge in [-0.25, -0.2) is 4.79 Å². The molecule has 2 aromatic heterocycles. The lowest BCUT2D eigenvalue weighted by Gasteiger charge is -2.14. The number of fused-ring (bicyclic) bond motifs is 3. The van der Waals surface area contributed by atoms with Crippen LogP contribution < -0.4 is 16.6 Å². The van der Waals surface area contributed by atoms with Gasteiger partial charge in [-0.15, -0.1) is 0 Å². The van der Waals surface area contributed by atoms with E-state index < -0.39 is 17.2 Å². The molecular formula is C22H21ClN4O3. The molecule has 7 nitrogen and oxygen atoms in total. The molecule has 0 saturated carbocycles. The van der Waals surface area contributed by atoms with Gasteiger partial charge in [-0.05, 0) is 36.8 Å². The maximum atomic E-state index is 12.7. The molecule has 30 heavy (non-hydrogen) atoms. The van der Waals surface area contributed by atoms with Gasteiger partial charge in [0.15, 0.2) is 0 Å². The predicted octanol–water partition coefficient (Wildman–Crippen LogP) is 2.79. The Labute approximate surface area is 176 Å². The lowest BCUT2D eigenvalue weighted by Crippen LogP contribution is -2.39. The first-order valence-electron chi connectivity index (χ1n) is 9.51. The summed E-state index contributed by atoms with van der Waals surface area (Å²) in [7, 11) is 2.99. The summed E-state index contributed by atoms with van der Waals surface area (Å²) >= 11 is 6.11. The summed E-state index contributed by atoms with van der Waals surface area (Å²) in [5.74, 6) is -0.602. The average Bonchev–Trinajstić information content (AvgIpc) is 3.10. The largest absolute Gasteiger partial charge is 0.355 e. The van der Waals surface area contributed by atoms with Gasteiger partial charge >= 0.3 is 5.69 Å². The molecule has 2 N–H and O–H groups in total. The van der Waals surface area contributed by atoms with Crippen LogP contribution in [0.1, 0.15) is 24.1 Å². The number of amides is 1. The number of nitrogens with zero attached hydrogens (tertiary/aromatic N) is 2. The molecule has 0 unspecified atom stereocenters. The second-order valence-corrected chi connectivity index (χ2v) is 7.87. The van der Waals surface area contributed by atoms with Crippen molar-refractivity contribution in [3.05, 3.63) is 79.6 Å². The number of hydrogen-bond acceptors (Lipinski definition) is 3. The summed E-state index contributed by atoms with van der Waals surface area (Å²) in [6.07, 6.45) is 0. The second kappa shape index (κ2) is 7.50. The van der Waals surface area contributed by atoms with Crippen molar-refractivity contribution in [3.63, 3.8) is 0 Å². The van der Waals surface area contributed by atoms with Crippen molar-refractivity contribution in [2.75, 3.05) is 0 Å². The molecule has 1 amide bonds. The Hall–Kier alpha value is -3.32. The van der Waals surface area contributed by atoms with E-state index in [2.05, 4.69) is 10.3 Å². The molecular weight excluding hydrogens is 404 g/mol. The molecule has 0 radical (unpaired) electrons. The predicted molar refractivity (Wildman–Crippen MR) is 118 cm³/mol. The number of H-pyrrole nitrogens is 1. The molecule has 0 fully saturated rings. The van der Waals surface area contributed by atoms with E-state index in [1.165, 1.54) is 17.7 Å². The molecule has 2 aromatic carbocycles. The number of aromatic nitrogens is 3. The van der Waals surface area contributed by atoms with Gasteiger partial charge in [0.1, 0.15) is 0 Å². The Kier molecular flexibility index (Phi) is 4.99. The van der Waals surface area contributed by atoms with Crippen molar-refractivity contribution < 1.29 is 4.79 Å². The van der Waals surface area contributed by atoms with Gasteiger partial charge in [0.25, 0.3) is 5.56 Å². The Morgan fingerprint density at radius 1 is 1.03 bits per heavy atom. The van der Waals surface area contributed by atoms with Crippen molar-refractivity contribution in [2.45, 2.75) is 19.4 Å². The molecule has 154 valence electrons. The fourth-order valence-electron chi connectivity index (χ4n) is 3.59. The first kappa shape index (κ1) is 20.0. The zero-order valence-corrected chi connectivity index (χ0v) is 17.6. The molecule has 2 heterocycles. The number of benzene rings is 2. The summed E-state index contributed by atoms with van der Waals surface area (Å²) in [5, 5.41) is 5.57. The monoisotopic (exact) mass is 424 g/mol. The van der Waals surface area contributed by atoms with E-state index in [9.17, 15) is 14.4 Å². The third kappa shape index (κ3) is 3.41. The van der Waals surface area contributed by atoms with E-state index in [0.717, 1.165) is 31.9 Å². The maximum Gasteiger partial charge on any atom is 0.330 e. The molecule has 0 aliphatic carbocycles. The molecule has 0 bridgehead atoms. The van der Waals surface area contributed by atoms with E-state index in [4.69, 9.17) is 11.6 Å². The molecule has 0 spiro atoms. The minimum Gasteiger partial charge on any atom is -0.355 e. The minimum atomic E-state index is -0.427. The van der Waals surface area contributed by atoms with Crippen LogP contribution in [0.2, 0.25) is 5.02 Å². The van der Waals surface area contributed by atoms with E-state index in [1.807, 2.05) is 43.3 Å².